The number of nitrogens with one attached hydrogen (secondary N) is 1. The number of aliphatic carboxylic acids is 1. The maximum absolute atomic E-state index is 12.2. The predicted molar refractivity (Wildman–Crippen MR) is 79.5 cm³/mol. The van der Waals surface area contributed by atoms with E-state index in [-0.39, 0.29) is 5.91 Å². The van der Waals surface area contributed by atoms with E-state index in [2.05, 4.69) is 10.4 Å². The van der Waals surface area contributed by atoms with Crippen molar-refractivity contribution in [2.75, 3.05) is 0 Å². The largest absolute Gasteiger partial charge is 0.479 e. The normalized spacial score (nSPS) is 12.1. The highest BCUT2D eigenvalue weighted by atomic mass is 32.1. The van der Waals surface area contributed by atoms with Gasteiger partial charge in [0.05, 0.1) is 11.1 Å². The summed E-state index contributed by atoms with van der Waals surface area (Å²) in [5.74, 6) is -1.49. The average molecular weight is 307 g/mol. The van der Waals surface area contributed by atoms with Gasteiger partial charge in [0.15, 0.2) is 6.04 Å². The molecule has 112 valence electrons. The predicted octanol–water partition coefficient (Wildman–Crippen LogP) is 1.91. The van der Waals surface area contributed by atoms with E-state index < -0.39 is 12.0 Å². The number of hydrogen-bond acceptors (Lipinski definition) is 4. The third-order valence-corrected chi connectivity index (χ3v) is 4.30. The quantitative estimate of drug-likeness (QED) is 0.883. The summed E-state index contributed by atoms with van der Waals surface area (Å²) in [6, 6.07) is 0.719. The molecule has 0 fully saturated rings. The Labute approximate surface area is 126 Å². The summed E-state index contributed by atoms with van der Waals surface area (Å²) < 4.78 is 1.50. The van der Waals surface area contributed by atoms with Crippen LogP contribution in [0.25, 0.3) is 0 Å². The van der Waals surface area contributed by atoms with Gasteiger partial charge in [-0.05, 0) is 25.0 Å². The summed E-state index contributed by atoms with van der Waals surface area (Å²) in [6.45, 7) is 3.97. The van der Waals surface area contributed by atoms with Crippen LogP contribution in [-0.2, 0) is 18.3 Å². The van der Waals surface area contributed by atoms with Crippen LogP contribution in [0.2, 0.25) is 0 Å². The molecule has 0 aliphatic heterocycles. The van der Waals surface area contributed by atoms with Gasteiger partial charge in [-0.2, -0.15) is 5.10 Å². The number of nitrogens with zero attached hydrogens (tertiary/aromatic N) is 2. The van der Waals surface area contributed by atoms with Crippen molar-refractivity contribution in [1.82, 2.24) is 15.1 Å². The Morgan fingerprint density at radius 2 is 2.24 bits per heavy atom. The molecule has 2 heterocycles. The van der Waals surface area contributed by atoms with Gasteiger partial charge in [0.1, 0.15) is 0 Å². The van der Waals surface area contributed by atoms with Gasteiger partial charge in [0.2, 0.25) is 0 Å². The lowest BCUT2D eigenvalue weighted by Gasteiger charge is -2.11. The van der Waals surface area contributed by atoms with Crippen LogP contribution in [0.3, 0.4) is 0 Å². The zero-order valence-corrected chi connectivity index (χ0v) is 12.9. The van der Waals surface area contributed by atoms with Crippen molar-refractivity contribution >= 4 is 23.2 Å². The Bertz CT molecular complexity index is 675. The fourth-order valence-electron chi connectivity index (χ4n) is 2.06. The van der Waals surface area contributed by atoms with Crippen molar-refractivity contribution < 1.29 is 14.7 Å². The first-order valence-corrected chi connectivity index (χ1v) is 7.35. The average Bonchev–Trinajstić information content (AvgIpc) is 3.01. The van der Waals surface area contributed by atoms with Gasteiger partial charge in [0, 0.05) is 23.7 Å². The molecule has 0 saturated heterocycles. The van der Waals surface area contributed by atoms with Crippen LogP contribution in [0.1, 0.15) is 38.6 Å². The Balaban J connectivity index is 2.20. The second kappa shape index (κ2) is 6.09. The van der Waals surface area contributed by atoms with E-state index in [0.717, 1.165) is 16.9 Å². The van der Waals surface area contributed by atoms with E-state index >= 15 is 0 Å². The number of amides is 1. The first-order valence-electron chi connectivity index (χ1n) is 6.54. The van der Waals surface area contributed by atoms with Gasteiger partial charge >= 0.3 is 5.97 Å². The van der Waals surface area contributed by atoms with Crippen LogP contribution < -0.4 is 5.32 Å². The van der Waals surface area contributed by atoms with Gasteiger partial charge in [-0.25, -0.2) is 4.79 Å². The first-order chi connectivity index (χ1) is 9.92. The lowest BCUT2D eigenvalue weighted by Crippen LogP contribution is -2.33. The Morgan fingerprint density at radius 1 is 1.52 bits per heavy atom. The molecule has 2 aromatic heterocycles. The SMILES string of the molecule is CCc1cc(C(=O)NC(C(=O)O)c2cnn(C)c2)sc1C. The molecule has 7 heteroatoms. The molecule has 0 aromatic carbocycles. The maximum atomic E-state index is 12.2. The van der Waals surface area contributed by atoms with Gasteiger partial charge in [-0.1, -0.05) is 6.92 Å². The molecule has 1 unspecified atom stereocenters. The molecular formula is C14H17N3O3S. The summed E-state index contributed by atoms with van der Waals surface area (Å²) >= 11 is 1.38. The van der Waals surface area contributed by atoms with Crippen LogP contribution >= 0.6 is 11.3 Å². The highest BCUT2D eigenvalue weighted by molar-refractivity contribution is 7.14. The van der Waals surface area contributed by atoms with Crippen molar-refractivity contribution in [2.45, 2.75) is 26.3 Å². The molecule has 2 N–H and O–H groups in total. The zero-order valence-electron chi connectivity index (χ0n) is 12.1. The molecule has 0 aliphatic carbocycles. The number of carboxylic acid groups (broad SMARTS) is 1. The Kier molecular flexibility index (Phi) is 4.42. The van der Waals surface area contributed by atoms with E-state index in [1.807, 2.05) is 19.9 Å². The molecule has 0 saturated carbocycles. The lowest BCUT2D eigenvalue weighted by atomic mass is 10.1. The third kappa shape index (κ3) is 3.30. The van der Waals surface area contributed by atoms with E-state index in [9.17, 15) is 14.7 Å². The van der Waals surface area contributed by atoms with Gasteiger partial charge in [-0.3, -0.25) is 9.48 Å². The van der Waals surface area contributed by atoms with Crippen LogP contribution in [0.5, 0.6) is 0 Å². The molecule has 6 nitrogen and oxygen atoms in total. The van der Waals surface area contributed by atoms with Crippen LogP contribution in [0.4, 0.5) is 0 Å². The number of aryl methyl sites for hydroxylation is 3. The minimum atomic E-state index is -1.11. The highest BCUT2D eigenvalue weighted by Crippen LogP contribution is 2.23. The van der Waals surface area contributed by atoms with Gasteiger partial charge < -0.3 is 10.4 Å². The van der Waals surface area contributed by atoms with Crippen molar-refractivity contribution in [3.63, 3.8) is 0 Å². The van der Waals surface area contributed by atoms with Crippen molar-refractivity contribution in [1.29, 1.82) is 0 Å². The summed E-state index contributed by atoms with van der Waals surface area (Å²) in [7, 11) is 1.69. The highest BCUT2D eigenvalue weighted by Gasteiger charge is 2.25. The number of carboxylic acids is 1. The smallest absolute Gasteiger partial charge is 0.331 e. The minimum absolute atomic E-state index is 0.376. The van der Waals surface area contributed by atoms with E-state index in [0.29, 0.717) is 10.4 Å². The number of carbonyl (C=O) groups excluding carboxylic acids is 1. The second-order valence-corrected chi connectivity index (χ2v) is 5.99. The first kappa shape index (κ1) is 15.2. The number of thiophene rings is 1. The monoisotopic (exact) mass is 307 g/mol. The van der Waals surface area contributed by atoms with Crippen LogP contribution in [0, 0.1) is 6.92 Å². The Morgan fingerprint density at radius 3 is 2.71 bits per heavy atom. The van der Waals surface area contributed by atoms with Crippen LogP contribution in [0.15, 0.2) is 18.5 Å². The zero-order chi connectivity index (χ0) is 15.6. The summed E-state index contributed by atoms with van der Waals surface area (Å²) in [5, 5.41) is 15.8. The third-order valence-electron chi connectivity index (χ3n) is 3.21. The number of aromatic nitrogens is 2. The summed E-state index contributed by atoms with van der Waals surface area (Å²) in [4.78, 5) is 25.2. The summed E-state index contributed by atoms with van der Waals surface area (Å²) in [5.41, 5.74) is 1.56. The van der Waals surface area contributed by atoms with E-state index in [1.165, 1.54) is 22.2 Å². The molecular weight excluding hydrogens is 290 g/mol. The topological polar surface area (TPSA) is 84.2 Å². The molecule has 2 aromatic rings. The Hall–Kier alpha value is -2.15. The number of rotatable bonds is 5. The maximum Gasteiger partial charge on any atom is 0.331 e. The van der Waals surface area contributed by atoms with Crippen molar-refractivity contribution in [3.8, 4) is 0 Å². The number of hydrogen-bond donors (Lipinski definition) is 2. The van der Waals surface area contributed by atoms with E-state index in [1.54, 1.807) is 13.2 Å². The molecule has 0 bridgehead atoms. The molecule has 0 spiro atoms. The lowest BCUT2D eigenvalue weighted by molar-refractivity contribution is -0.139. The standard InChI is InChI=1S/C14H17N3O3S/c1-4-9-5-11(21-8(9)2)13(18)16-12(14(19)20)10-6-15-17(3)7-10/h5-7,12H,4H2,1-3H3,(H,16,18)(H,19,20). The molecule has 21 heavy (non-hydrogen) atoms. The van der Waals surface area contributed by atoms with Crippen molar-refractivity contribution in [3.05, 3.63) is 39.3 Å². The fraction of sp³-hybridized carbons (Fsp3) is 0.357. The molecule has 0 aliphatic rings. The molecule has 1 amide bonds. The molecule has 1 atom stereocenters. The van der Waals surface area contributed by atoms with Gasteiger partial charge in [0.25, 0.3) is 5.91 Å². The molecule has 2 rings (SSSR count). The van der Waals surface area contributed by atoms with E-state index in [4.69, 9.17) is 0 Å². The summed E-state index contributed by atoms with van der Waals surface area (Å²) in [6.07, 6.45) is 3.87. The van der Waals surface area contributed by atoms with Crippen LogP contribution in [-0.4, -0.2) is 26.8 Å². The number of carbonyl (C=O) groups is 2. The van der Waals surface area contributed by atoms with Gasteiger partial charge in [-0.15, -0.1) is 11.3 Å². The minimum Gasteiger partial charge on any atom is -0.479 e. The van der Waals surface area contributed by atoms with Crippen molar-refractivity contribution in [2.24, 2.45) is 7.05 Å². The second-order valence-electron chi connectivity index (χ2n) is 4.74. The molecule has 0 radical (unpaired) electrons. The fourth-order valence-corrected chi connectivity index (χ4v) is 3.08.